The van der Waals surface area contributed by atoms with Crippen molar-refractivity contribution in [1.82, 2.24) is 0 Å². The third-order valence-electron chi connectivity index (χ3n) is 6.01. The lowest BCUT2D eigenvalue weighted by atomic mass is 10.1. The van der Waals surface area contributed by atoms with Crippen molar-refractivity contribution in [2.24, 2.45) is 0 Å². The highest BCUT2D eigenvalue weighted by molar-refractivity contribution is 8.13. The molecule has 0 spiro atoms. The van der Waals surface area contributed by atoms with E-state index in [2.05, 4.69) is 4.74 Å². The largest absolute Gasteiger partial charge is 0.416 e. The van der Waals surface area contributed by atoms with Crippen molar-refractivity contribution >= 4 is 68.7 Å². The third-order valence-corrected chi connectivity index (χ3v) is 10.9. The number of hydrogen-bond acceptors (Lipinski definition) is 12. The van der Waals surface area contributed by atoms with E-state index in [1.165, 1.54) is 14.2 Å². The zero-order chi connectivity index (χ0) is 35.6. The number of esters is 1. The van der Waals surface area contributed by atoms with E-state index in [4.69, 9.17) is 18.5 Å². The molecule has 0 atom stereocenters. The Labute approximate surface area is 281 Å². The lowest BCUT2D eigenvalue weighted by molar-refractivity contribution is -0.112. The van der Waals surface area contributed by atoms with Gasteiger partial charge in [0.25, 0.3) is 0 Å². The molecule has 0 N–H and O–H groups in total. The van der Waals surface area contributed by atoms with Gasteiger partial charge < -0.3 is 23.3 Å². The average Bonchev–Trinajstić information content (AvgIpc) is 3.50. The Morgan fingerprint density at radius 1 is 0.771 bits per heavy atom. The number of carbonyl (C=O) groups excluding carboxylic acids is 3. The fraction of sp³-hybridized carbons (Fsp3) is 0.393. The maximum atomic E-state index is 15.9. The number of thiophene rings is 1. The first-order valence-corrected chi connectivity index (χ1v) is 17.8. The van der Waals surface area contributed by atoms with Gasteiger partial charge in [-0.2, -0.15) is 17.6 Å². The van der Waals surface area contributed by atoms with Gasteiger partial charge in [-0.3, -0.25) is 14.2 Å². The second-order valence-corrected chi connectivity index (χ2v) is 14.7. The Bertz CT molecular complexity index is 1630. The van der Waals surface area contributed by atoms with Gasteiger partial charge in [0.15, 0.2) is 10.2 Å². The first kappa shape index (κ1) is 39.9. The van der Waals surface area contributed by atoms with E-state index in [0.717, 1.165) is 47.8 Å². The van der Waals surface area contributed by atoms with E-state index < -0.39 is 77.7 Å². The van der Waals surface area contributed by atoms with Gasteiger partial charge in [-0.15, -0.1) is 11.3 Å². The average molecular weight is 767 g/mol. The summed E-state index contributed by atoms with van der Waals surface area (Å²) in [6, 6.07) is 3.72. The number of ether oxygens (including phenoxy) is 3. The zero-order valence-electron chi connectivity index (χ0n) is 25.0. The molecule has 0 fully saturated rings. The molecular weight excluding hydrogens is 740 g/mol. The van der Waals surface area contributed by atoms with Crippen molar-refractivity contribution < 1.29 is 72.9 Å². The van der Waals surface area contributed by atoms with Crippen LogP contribution in [0.25, 0.3) is 10.1 Å². The smallest absolute Gasteiger partial charge is 0.404 e. The summed E-state index contributed by atoms with van der Waals surface area (Å²) in [6.07, 6.45) is 0.0785. The summed E-state index contributed by atoms with van der Waals surface area (Å²) in [6.45, 7) is -0.918. The molecule has 1 heterocycles. The summed E-state index contributed by atoms with van der Waals surface area (Å²) >= 11 is 2.06. The van der Waals surface area contributed by atoms with Crippen molar-refractivity contribution in [3.05, 3.63) is 63.8 Å². The lowest BCUT2D eigenvalue weighted by Crippen LogP contribution is -2.20. The number of carbonyl (C=O) groups is 3. The zero-order valence-corrected chi connectivity index (χ0v) is 28.3. The maximum Gasteiger partial charge on any atom is 0.404 e. The van der Waals surface area contributed by atoms with Crippen LogP contribution in [0.3, 0.4) is 0 Å². The number of alkyl halides is 2. The van der Waals surface area contributed by atoms with Gasteiger partial charge in [-0.25, -0.2) is 18.0 Å². The molecule has 9 nitrogen and oxygen atoms in total. The van der Waals surface area contributed by atoms with Crippen LogP contribution < -0.4 is 4.74 Å². The van der Waals surface area contributed by atoms with E-state index in [0.29, 0.717) is 11.3 Å². The predicted octanol–water partition coefficient (Wildman–Crippen LogP) is 7.68. The van der Waals surface area contributed by atoms with Gasteiger partial charge in [0.1, 0.15) is 4.88 Å². The van der Waals surface area contributed by atoms with Gasteiger partial charge in [0.05, 0.1) is 26.4 Å². The molecule has 0 saturated carbocycles. The summed E-state index contributed by atoms with van der Waals surface area (Å²) in [5, 5.41) is -0.732. The second-order valence-electron chi connectivity index (χ2n) is 9.28. The number of halogens is 7. The number of thioether (sulfide) groups is 2. The van der Waals surface area contributed by atoms with Gasteiger partial charge >= 0.3 is 19.2 Å². The van der Waals surface area contributed by atoms with Gasteiger partial charge in [-0.05, 0) is 23.6 Å². The molecule has 0 aliphatic rings. The van der Waals surface area contributed by atoms with E-state index >= 15 is 8.78 Å². The topological polar surface area (TPSA) is 114 Å². The van der Waals surface area contributed by atoms with Crippen molar-refractivity contribution in [2.45, 2.75) is 18.5 Å². The number of fused-ring (bicyclic) bond motifs is 1. The van der Waals surface area contributed by atoms with E-state index in [1.807, 2.05) is 0 Å². The van der Waals surface area contributed by atoms with Crippen LogP contribution in [0.1, 0.15) is 28.1 Å². The fourth-order valence-corrected chi connectivity index (χ4v) is 7.58. The lowest BCUT2D eigenvalue weighted by Gasteiger charge is -2.26. The molecule has 0 aliphatic heterocycles. The van der Waals surface area contributed by atoms with Crippen LogP contribution in [0.2, 0.25) is 0 Å². The second kappa shape index (κ2) is 17.9. The van der Waals surface area contributed by atoms with Crippen molar-refractivity contribution in [3.63, 3.8) is 0 Å². The molecule has 0 unspecified atom stereocenters. The van der Waals surface area contributed by atoms with Crippen LogP contribution in [0.4, 0.5) is 30.7 Å². The van der Waals surface area contributed by atoms with Crippen molar-refractivity contribution in [3.8, 4) is 5.75 Å². The van der Waals surface area contributed by atoms with Crippen LogP contribution in [0.15, 0.2) is 24.3 Å². The molecule has 20 heteroatoms. The third kappa shape index (κ3) is 9.80. The van der Waals surface area contributed by atoms with Crippen LogP contribution in [-0.4, -0.2) is 68.4 Å². The van der Waals surface area contributed by atoms with E-state index in [9.17, 15) is 40.9 Å². The number of benzene rings is 2. The minimum Gasteiger partial charge on any atom is -0.416 e. The highest BCUT2D eigenvalue weighted by atomic mass is 32.2. The standard InChI is InChI=1S/C28H26F7O9PS3/c1-40-7-5-19(36)46-11-9-42-45(39,43-10-12-47-20(37)6-8-41-2)28(34,35)16-3-4-17-15(13-16)14-18(48-17)27(38)44-26-24(32)22(30)21(29)23(31)25(26)33/h3-4,13-14H,5-12H2,1-2H3. The molecule has 3 rings (SSSR count). The maximum absolute atomic E-state index is 15.9. The monoisotopic (exact) mass is 766 g/mol. The minimum atomic E-state index is -5.37. The number of hydrogen-bond donors (Lipinski definition) is 0. The fourth-order valence-electron chi connectivity index (χ4n) is 3.65. The SMILES string of the molecule is COCCC(=O)SCCOP(=O)(OCCSC(=O)CCOC)C(F)(F)c1ccc2sc(C(=O)Oc3c(F)c(F)c(F)c(F)c3F)cc2c1. The Hall–Kier alpha value is -2.51. The molecule has 1 aromatic heterocycles. The summed E-state index contributed by atoms with van der Waals surface area (Å²) in [4.78, 5) is 35.8. The van der Waals surface area contributed by atoms with Crippen LogP contribution in [0, 0.1) is 29.1 Å². The molecule has 48 heavy (non-hydrogen) atoms. The summed E-state index contributed by atoms with van der Waals surface area (Å²) in [5.74, 6) is -15.7. The molecule has 2 aromatic carbocycles. The van der Waals surface area contributed by atoms with Gasteiger partial charge in [-0.1, -0.05) is 29.6 Å². The quantitative estimate of drug-likeness (QED) is 0.0242. The van der Waals surface area contributed by atoms with Crippen molar-refractivity contribution in [1.29, 1.82) is 0 Å². The highest BCUT2D eigenvalue weighted by Gasteiger charge is 2.55. The van der Waals surface area contributed by atoms with Crippen LogP contribution >= 0.6 is 42.5 Å². The Balaban J connectivity index is 1.83. The molecule has 0 bridgehead atoms. The molecule has 0 aliphatic carbocycles. The van der Waals surface area contributed by atoms with Gasteiger partial charge in [0, 0.05) is 48.8 Å². The number of methoxy groups -OCH3 is 2. The Morgan fingerprint density at radius 2 is 1.27 bits per heavy atom. The predicted molar refractivity (Wildman–Crippen MR) is 164 cm³/mol. The normalized spacial score (nSPS) is 12.1. The van der Waals surface area contributed by atoms with Gasteiger partial charge in [0.2, 0.25) is 34.8 Å². The molecule has 264 valence electrons. The minimum absolute atomic E-state index is 0.0392. The molecule has 0 amide bonds. The van der Waals surface area contributed by atoms with E-state index in [1.54, 1.807) is 0 Å². The Kier molecular flexibility index (Phi) is 14.9. The summed E-state index contributed by atoms with van der Waals surface area (Å²) in [5.41, 5.74) is -5.22. The molecule has 0 radical (unpaired) electrons. The van der Waals surface area contributed by atoms with E-state index in [-0.39, 0.29) is 57.9 Å². The van der Waals surface area contributed by atoms with Crippen LogP contribution in [0.5, 0.6) is 5.75 Å². The summed E-state index contributed by atoms with van der Waals surface area (Å²) < 4.78 is 138. The molecule has 0 saturated heterocycles. The highest BCUT2D eigenvalue weighted by Crippen LogP contribution is 2.67. The first-order chi connectivity index (χ1) is 22.7. The summed E-state index contributed by atoms with van der Waals surface area (Å²) in [7, 11) is -2.59. The van der Waals surface area contributed by atoms with Crippen molar-refractivity contribution in [2.75, 3.05) is 52.2 Å². The number of rotatable bonds is 18. The van der Waals surface area contributed by atoms with Crippen LogP contribution in [-0.2, 0) is 38.3 Å². The first-order valence-electron chi connectivity index (χ1n) is 13.5. The Morgan fingerprint density at radius 3 is 1.77 bits per heavy atom. The molecular formula is C28H26F7O9PS3. The molecule has 3 aromatic rings.